The van der Waals surface area contributed by atoms with Crippen LogP contribution >= 0.6 is 0 Å². The SMILES string of the molecule is CCOc1cc2c(cc1CN1CCN(C(=O)c3ccc(F)c(F)c3)CC1)OC(C)C2. The fourth-order valence-corrected chi connectivity index (χ4v) is 4.06. The molecule has 2 heterocycles. The molecule has 1 saturated heterocycles. The molecule has 0 spiro atoms. The number of fused-ring (bicyclic) bond motifs is 1. The molecular weight excluding hydrogens is 390 g/mol. The van der Waals surface area contributed by atoms with E-state index in [-0.39, 0.29) is 17.6 Å². The lowest BCUT2D eigenvalue weighted by Gasteiger charge is -2.35. The maximum atomic E-state index is 13.5. The molecule has 0 bridgehead atoms. The van der Waals surface area contributed by atoms with E-state index in [0.29, 0.717) is 39.3 Å². The molecule has 1 unspecified atom stereocenters. The second kappa shape index (κ2) is 8.60. The topological polar surface area (TPSA) is 42.0 Å². The number of ether oxygens (including phenoxy) is 2. The van der Waals surface area contributed by atoms with Crippen LogP contribution in [0.1, 0.15) is 35.3 Å². The number of carbonyl (C=O) groups is 1. The number of benzene rings is 2. The fraction of sp³-hybridized carbons (Fsp3) is 0.435. The van der Waals surface area contributed by atoms with Crippen molar-refractivity contribution in [2.45, 2.75) is 32.9 Å². The van der Waals surface area contributed by atoms with Crippen molar-refractivity contribution in [2.24, 2.45) is 0 Å². The Balaban J connectivity index is 1.41. The zero-order chi connectivity index (χ0) is 21.3. The summed E-state index contributed by atoms with van der Waals surface area (Å²) in [7, 11) is 0. The molecule has 30 heavy (non-hydrogen) atoms. The van der Waals surface area contributed by atoms with Gasteiger partial charge in [0.15, 0.2) is 11.6 Å². The first-order valence-electron chi connectivity index (χ1n) is 10.4. The minimum Gasteiger partial charge on any atom is -0.494 e. The molecule has 4 rings (SSSR count). The van der Waals surface area contributed by atoms with Gasteiger partial charge < -0.3 is 14.4 Å². The third-order valence-corrected chi connectivity index (χ3v) is 5.60. The molecule has 0 radical (unpaired) electrons. The lowest BCUT2D eigenvalue weighted by Crippen LogP contribution is -2.48. The van der Waals surface area contributed by atoms with E-state index in [4.69, 9.17) is 9.47 Å². The number of piperazine rings is 1. The third kappa shape index (κ3) is 4.26. The molecule has 0 saturated carbocycles. The Morgan fingerprint density at radius 2 is 1.90 bits per heavy atom. The number of rotatable bonds is 5. The van der Waals surface area contributed by atoms with Gasteiger partial charge in [-0.05, 0) is 44.2 Å². The number of amides is 1. The van der Waals surface area contributed by atoms with Crippen molar-refractivity contribution in [3.8, 4) is 11.5 Å². The van der Waals surface area contributed by atoms with Crippen molar-refractivity contribution in [1.29, 1.82) is 0 Å². The van der Waals surface area contributed by atoms with Crippen LogP contribution in [0.15, 0.2) is 30.3 Å². The monoisotopic (exact) mass is 416 g/mol. The van der Waals surface area contributed by atoms with Crippen LogP contribution in [-0.4, -0.2) is 54.6 Å². The van der Waals surface area contributed by atoms with Gasteiger partial charge in [-0.3, -0.25) is 9.69 Å². The zero-order valence-electron chi connectivity index (χ0n) is 17.3. The Morgan fingerprint density at radius 3 is 2.60 bits per heavy atom. The Bertz CT molecular complexity index is 942. The highest BCUT2D eigenvalue weighted by molar-refractivity contribution is 5.94. The minimum absolute atomic E-state index is 0.172. The summed E-state index contributed by atoms with van der Waals surface area (Å²) in [5, 5.41) is 0. The number of carbonyl (C=O) groups excluding carboxylic acids is 1. The van der Waals surface area contributed by atoms with Gasteiger partial charge in [0, 0.05) is 55.8 Å². The molecule has 5 nitrogen and oxygen atoms in total. The van der Waals surface area contributed by atoms with E-state index in [0.717, 1.165) is 35.6 Å². The van der Waals surface area contributed by atoms with Gasteiger partial charge in [-0.25, -0.2) is 8.78 Å². The van der Waals surface area contributed by atoms with E-state index in [2.05, 4.69) is 24.0 Å². The maximum absolute atomic E-state index is 13.5. The van der Waals surface area contributed by atoms with E-state index in [1.54, 1.807) is 4.90 Å². The minimum atomic E-state index is -1.00. The van der Waals surface area contributed by atoms with Gasteiger partial charge in [-0.15, -0.1) is 0 Å². The van der Waals surface area contributed by atoms with Gasteiger partial charge in [0.25, 0.3) is 5.91 Å². The predicted octanol–water partition coefficient (Wildman–Crippen LogP) is 3.64. The summed E-state index contributed by atoms with van der Waals surface area (Å²) in [4.78, 5) is 16.6. The predicted molar refractivity (Wildman–Crippen MR) is 109 cm³/mol. The molecule has 0 aliphatic carbocycles. The van der Waals surface area contributed by atoms with Crippen LogP contribution in [0.4, 0.5) is 8.78 Å². The average Bonchev–Trinajstić information content (AvgIpc) is 3.09. The number of nitrogens with zero attached hydrogens (tertiary/aromatic N) is 2. The van der Waals surface area contributed by atoms with Crippen molar-refractivity contribution in [3.05, 3.63) is 58.7 Å². The van der Waals surface area contributed by atoms with Crippen LogP contribution in [0.2, 0.25) is 0 Å². The lowest BCUT2D eigenvalue weighted by molar-refractivity contribution is 0.0626. The van der Waals surface area contributed by atoms with Crippen molar-refractivity contribution in [3.63, 3.8) is 0 Å². The Morgan fingerprint density at radius 1 is 1.13 bits per heavy atom. The van der Waals surface area contributed by atoms with Crippen LogP contribution in [0.3, 0.4) is 0 Å². The molecule has 1 amide bonds. The van der Waals surface area contributed by atoms with Gasteiger partial charge in [-0.2, -0.15) is 0 Å². The summed E-state index contributed by atoms with van der Waals surface area (Å²) in [5.41, 5.74) is 2.42. The van der Waals surface area contributed by atoms with Crippen molar-refractivity contribution < 1.29 is 23.0 Å². The summed E-state index contributed by atoms with van der Waals surface area (Å²) in [6.45, 7) is 7.76. The largest absolute Gasteiger partial charge is 0.494 e. The highest BCUT2D eigenvalue weighted by Crippen LogP contribution is 2.35. The van der Waals surface area contributed by atoms with Gasteiger partial charge >= 0.3 is 0 Å². The average molecular weight is 416 g/mol. The smallest absolute Gasteiger partial charge is 0.254 e. The number of hydrogen-bond acceptors (Lipinski definition) is 4. The normalized spacial score (nSPS) is 18.8. The number of hydrogen-bond donors (Lipinski definition) is 0. The molecule has 0 N–H and O–H groups in total. The number of halogens is 2. The van der Waals surface area contributed by atoms with Gasteiger partial charge in [-0.1, -0.05) is 0 Å². The van der Waals surface area contributed by atoms with Gasteiger partial charge in [0.2, 0.25) is 0 Å². The second-order valence-corrected chi connectivity index (χ2v) is 7.83. The standard InChI is InChI=1S/C23H26F2N2O3/c1-3-29-21-12-17-10-15(2)30-22(17)13-18(21)14-26-6-8-27(9-7-26)23(28)16-4-5-19(24)20(25)11-16/h4-5,11-13,15H,3,6-10,14H2,1-2H3. The maximum Gasteiger partial charge on any atom is 0.254 e. The Hall–Kier alpha value is -2.67. The van der Waals surface area contributed by atoms with Gasteiger partial charge in [0.05, 0.1) is 6.61 Å². The third-order valence-electron chi connectivity index (χ3n) is 5.60. The first kappa shape index (κ1) is 20.6. The molecule has 1 atom stereocenters. The Labute approximate surface area is 175 Å². The van der Waals surface area contributed by atoms with Crippen LogP contribution in [0.5, 0.6) is 11.5 Å². The molecule has 160 valence electrons. The molecule has 2 aromatic carbocycles. The first-order chi connectivity index (χ1) is 14.4. The van der Waals surface area contributed by atoms with E-state index >= 15 is 0 Å². The van der Waals surface area contributed by atoms with E-state index < -0.39 is 11.6 Å². The first-order valence-corrected chi connectivity index (χ1v) is 10.4. The van der Waals surface area contributed by atoms with Crippen LogP contribution in [-0.2, 0) is 13.0 Å². The van der Waals surface area contributed by atoms with Crippen LogP contribution in [0, 0.1) is 11.6 Å². The summed E-state index contributed by atoms with van der Waals surface area (Å²) in [6.07, 6.45) is 1.07. The van der Waals surface area contributed by atoms with Crippen molar-refractivity contribution in [2.75, 3.05) is 32.8 Å². The highest BCUT2D eigenvalue weighted by Gasteiger charge is 2.26. The summed E-state index contributed by atoms with van der Waals surface area (Å²) in [6, 6.07) is 7.44. The Kier molecular flexibility index (Phi) is 5.90. The highest BCUT2D eigenvalue weighted by atomic mass is 19.2. The molecule has 7 heteroatoms. The van der Waals surface area contributed by atoms with E-state index in [9.17, 15) is 13.6 Å². The quantitative estimate of drug-likeness (QED) is 0.746. The van der Waals surface area contributed by atoms with Crippen molar-refractivity contribution in [1.82, 2.24) is 9.80 Å². The summed E-state index contributed by atoms with van der Waals surface area (Å²) >= 11 is 0. The van der Waals surface area contributed by atoms with Gasteiger partial charge in [0.1, 0.15) is 17.6 Å². The summed E-state index contributed by atoms with van der Waals surface area (Å²) in [5.74, 6) is -0.420. The van der Waals surface area contributed by atoms with Crippen LogP contribution in [0.25, 0.3) is 0 Å². The molecule has 1 fully saturated rings. The molecule has 2 aromatic rings. The molecule has 2 aliphatic rings. The molecule has 0 aromatic heterocycles. The molecule has 2 aliphatic heterocycles. The van der Waals surface area contributed by atoms with Crippen LogP contribution < -0.4 is 9.47 Å². The van der Waals surface area contributed by atoms with E-state index in [1.807, 2.05) is 6.92 Å². The molecular formula is C23H26F2N2O3. The lowest BCUT2D eigenvalue weighted by atomic mass is 10.1. The van der Waals surface area contributed by atoms with E-state index in [1.165, 1.54) is 11.6 Å². The fourth-order valence-electron chi connectivity index (χ4n) is 4.06. The summed E-state index contributed by atoms with van der Waals surface area (Å²) < 4.78 is 38.3. The zero-order valence-corrected chi connectivity index (χ0v) is 17.3. The van der Waals surface area contributed by atoms with Crippen molar-refractivity contribution >= 4 is 5.91 Å². The second-order valence-electron chi connectivity index (χ2n) is 7.83.